The summed E-state index contributed by atoms with van der Waals surface area (Å²) in [5, 5.41) is 0.893. The molecule has 1 aromatic heterocycles. The van der Waals surface area contributed by atoms with Crippen LogP contribution in [-0.4, -0.2) is 46.3 Å². The van der Waals surface area contributed by atoms with Gasteiger partial charge in [0, 0.05) is 18.0 Å². The van der Waals surface area contributed by atoms with Crippen molar-refractivity contribution in [2.24, 2.45) is 0 Å². The van der Waals surface area contributed by atoms with Crippen LogP contribution in [0.3, 0.4) is 0 Å². The van der Waals surface area contributed by atoms with Crippen LogP contribution in [0.2, 0.25) is 0 Å². The number of thiophene rings is 1. The van der Waals surface area contributed by atoms with Gasteiger partial charge in [0.25, 0.3) is 0 Å². The first-order valence-electron chi connectivity index (χ1n) is 8.10. The molecule has 0 saturated carbocycles. The van der Waals surface area contributed by atoms with Gasteiger partial charge in [0.05, 0.1) is 11.0 Å². The van der Waals surface area contributed by atoms with Crippen molar-refractivity contribution in [3.8, 4) is 5.75 Å². The number of hydrogen-bond donors (Lipinski definition) is 0. The number of alkyl halides is 3. The number of halogens is 3. The topological polar surface area (TPSA) is 80.8 Å². The van der Waals surface area contributed by atoms with Gasteiger partial charge in [-0.2, -0.15) is 4.31 Å². The van der Waals surface area contributed by atoms with Crippen LogP contribution in [0.15, 0.2) is 46.7 Å². The molecule has 28 heavy (non-hydrogen) atoms. The molecule has 1 aliphatic heterocycles. The summed E-state index contributed by atoms with van der Waals surface area (Å²) in [6.45, 7) is -0.475. The van der Waals surface area contributed by atoms with Crippen molar-refractivity contribution in [2.45, 2.75) is 22.9 Å². The lowest BCUT2D eigenvalue weighted by atomic mass is 10.2. The molecule has 3 rings (SSSR count). The van der Waals surface area contributed by atoms with E-state index in [1.54, 1.807) is 17.5 Å². The quantitative estimate of drug-likeness (QED) is 0.707. The zero-order valence-electron chi connectivity index (χ0n) is 14.3. The molecule has 12 heteroatoms. The van der Waals surface area contributed by atoms with Gasteiger partial charge in [-0.15, -0.1) is 24.5 Å². The van der Waals surface area contributed by atoms with Crippen LogP contribution in [-0.2, 0) is 19.9 Å². The number of sulfonamides is 1. The molecule has 0 spiro atoms. The second-order valence-electron chi connectivity index (χ2n) is 6.06. The van der Waals surface area contributed by atoms with Crippen LogP contribution < -0.4 is 4.74 Å². The van der Waals surface area contributed by atoms with Crippen molar-refractivity contribution < 1.29 is 34.7 Å². The number of nitrogens with zero attached hydrogens (tertiary/aromatic N) is 1. The van der Waals surface area contributed by atoms with E-state index in [1.165, 1.54) is 23.5 Å². The molecular weight excluding hydrogens is 439 g/mol. The van der Waals surface area contributed by atoms with Gasteiger partial charge in [-0.25, -0.2) is 16.8 Å². The van der Waals surface area contributed by atoms with Crippen LogP contribution in [0.4, 0.5) is 13.2 Å². The van der Waals surface area contributed by atoms with E-state index in [2.05, 4.69) is 4.74 Å². The zero-order valence-corrected chi connectivity index (χ0v) is 16.7. The van der Waals surface area contributed by atoms with Crippen molar-refractivity contribution >= 4 is 31.2 Å². The summed E-state index contributed by atoms with van der Waals surface area (Å²) in [6, 6.07) is 7.79. The van der Waals surface area contributed by atoms with E-state index in [9.17, 15) is 30.0 Å². The Hall–Kier alpha value is -1.63. The number of sulfone groups is 1. The zero-order chi connectivity index (χ0) is 20.6. The largest absolute Gasteiger partial charge is 0.573 e. The number of para-hydroxylation sites is 1. The molecular formula is C16H16F3NO5S3. The molecule has 0 aliphatic carbocycles. The molecule has 1 aliphatic rings. The second kappa shape index (κ2) is 7.65. The smallest absolute Gasteiger partial charge is 0.404 e. The summed E-state index contributed by atoms with van der Waals surface area (Å²) < 4.78 is 93.6. The van der Waals surface area contributed by atoms with Gasteiger partial charge in [0.1, 0.15) is 10.6 Å². The van der Waals surface area contributed by atoms with Crippen molar-refractivity contribution in [2.75, 3.05) is 18.8 Å². The molecule has 2 heterocycles. The molecule has 2 aromatic rings. The summed E-state index contributed by atoms with van der Waals surface area (Å²) in [5.41, 5.74) is 0. The minimum Gasteiger partial charge on any atom is -0.404 e. The first-order chi connectivity index (χ1) is 13.0. The summed E-state index contributed by atoms with van der Waals surface area (Å²) in [5.74, 6) is -1.27. The lowest BCUT2D eigenvalue weighted by Crippen LogP contribution is -2.34. The van der Waals surface area contributed by atoms with Crippen LogP contribution in [0.5, 0.6) is 5.75 Å². The van der Waals surface area contributed by atoms with Gasteiger partial charge in [0.2, 0.25) is 10.0 Å². The molecule has 154 valence electrons. The highest BCUT2D eigenvalue weighted by Gasteiger charge is 2.39. The predicted octanol–water partition coefficient (Wildman–Crippen LogP) is 3.20. The highest BCUT2D eigenvalue weighted by Crippen LogP contribution is 2.36. The van der Waals surface area contributed by atoms with Crippen molar-refractivity contribution in [3.05, 3.63) is 46.7 Å². The van der Waals surface area contributed by atoms with Crippen molar-refractivity contribution in [1.29, 1.82) is 0 Å². The fraction of sp³-hybridized carbons (Fsp3) is 0.375. The molecule has 0 bridgehead atoms. The normalized spacial score (nSPS) is 21.2. The van der Waals surface area contributed by atoms with E-state index in [0.29, 0.717) is 4.88 Å². The Morgan fingerprint density at radius 3 is 2.46 bits per heavy atom. The molecule has 1 aromatic carbocycles. The number of hydrogen-bond acceptors (Lipinski definition) is 6. The first kappa shape index (κ1) is 21.1. The summed E-state index contributed by atoms with van der Waals surface area (Å²) >= 11 is 1.26. The van der Waals surface area contributed by atoms with Gasteiger partial charge < -0.3 is 4.74 Å². The average Bonchev–Trinajstić information content (AvgIpc) is 3.04. The van der Waals surface area contributed by atoms with E-state index in [0.717, 1.165) is 16.4 Å². The third kappa shape index (κ3) is 4.50. The molecule has 0 N–H and O–H groups in total. The van der Waals surface area contributed by atoms with Crippen LogP contribution in [0.1, 0.15) is 16.5 Å². The predicted molar refractivity (Wildman–Crippen MR) is 97.3 cm³/mol. The molecule has 0 amide bonds. The summed E-state index contributed by atoms with van der Waals surface area (Å²) in [6.07, 6.45) is -5.04. The van der Waals surface area contributed by atoms with Crippen molar-refractivity contribution in [1.82, 2.24) is 4.31 Å². The molecule has 1 unspecified atom stereocenters. The van der Waals surface area contributed by atoms with Gasteiger partial charge in [0.15, 0.2) is 9.84 Å². The Labute approximate surface area is 164 Å². The second-order valence-corrected chi connectivity index (χ2v) is 11.2. The van der Waals surface area contributed by atoms with Gasteiger partial charge in [-0.05, 0) is 30.0 Å². The van der Waals surface area contributed by atoms with Crippen LogP contribution in [0, 0.1) is 0 Å². The van der Waals surface area contributed by atoms with Gasteiger partial charge in [-0.1, -0.05) is 18.2 Å². The number of benzene rings is 1. The van der Waals surface area contributed by atoms with Crippen LogP contribution >= 0.6 is 11.3 Å². The van der Waals surface area contributed by atoms with Gasteiger partial charge in [-0.3, -0.25) is 0 Å². The molecule has 6 nitrogen and oxygen atoms in total. The Kier molecular flexibility index (Phi) is 5.76. The molecule has 1 fully saturated rings. The Bertz CT molecular complexity index is 1030. The van der Waals surface area contributed by atoms with E-state index in [4.69, 9.17) is 0 Å². The minimum atomic E-state index is -5.06. The molecule has 0 radical (unpaired) electrons. The lowest BCUT2D eigenvalue weighted by Gasteiger charge is -2.21. The fourth-order valence-corrected chi connectivity index (χ4v) is 7.66. The Morgan fingerprint density at radius 2 is 1.82 bits per heavy atom. The maximum atomic E-state index is 12.9. The fourth-order valence-electron chi connectivity index (χ4n) is 2.97. The molecule has 1 saturated heterocycles. The SMILES string of the molecule is O=S1(=O)CCN(S(=O)(=O)c2ccccc2OC(F)(F)F)CCC1c1cccs1. The monoisotopic (exact) mass is 455 g/mol. The third-order valence-electron chi connectivity index (χ3n) is 4.25. The van der Waals surface area contributed by atoms with E-state index < -0.39 is 47.9 Å². The van der Waals surface area contributed by atoms with Crippen LogP contribution in [0.25, 0.3) is 0 Å². The standard InChI is InChI=1S/C16H16F3NO5S3/c17-16(18,19)25-12-4-1-2-6-14(12)28(23,24)20-8-7-15(13-5-3-10-26-13)27(21,22)11-9-20/h1-6,10,15H,7-9,11H2. The van der Waals surface area contributed by atoms with E-state index >= 15 is 0 Å². The summed E-state index contributed by atoms with van der Waals surface area (Å²) in [4.78, 5) is -0.0423. The summed E-state index contributed by atoms with van der Waals surface area (Å²) in [7, 11) is -7.99. The average molecular weight is 456 g/mol. The minimum absolute atomic E-state index is 0.0182. The first-order valence-corrected chi connectivity index (χ1v) is 12.1. The number of ether oxygens (including phenoxy) is 1. The van der Waals surface area contributed by atoms with Gasteiger partial charge >= 0.3 is 6.36 Å². The maximum absolute atomic E-state index is 12.9. The van der Waals surface area contributed by atoms with E-state index in [1.807, 2.05) is 0 Å². The Morgan fingerprint density at radius 1 is 1.11 bits per heavy atom. The van der Waals surface area contributed by atoms with E-state index in [-0.39, 0.29) is 19.5 Å². The highest BCUT2D eigenvalue weighted by molar-refractivity contribution is 7.92. The number of rotatable bonds is 4. The Balaban J connectivity index is 1.92. The molecule has 1 atom stereocenters. The highest BCUT2D eigenvalue weighted by atomic mass is 32.2. The third-order valence-corrected chi connectivity index (χ3v) is 9.43. The maximum Gasteiger partial charge on any atom is 0.573 e. The lowest BCUT2D eigenvalue weighted by molar-refractivity contribution is -0.275. The van der Waals surface area contributed by atoms with Crippen molar-refractivity contribution in [3.63, 3.8) is 0 Å².